The number of fused-ring (bicyclic) bond motifs is 1. The van der Waals surface area contributed by atoms with Crippen LogP contribution in [0.2, 0.25) is 0 Å². The van der Waals surface area contributed by atoms with Crippen LogP contribution in [-0.4, -0.2) is 22.7 Å². The Morgan fingerprint density at radius 2 is 1.83 bits per heavy atom. The summed E-state index contributed by atoms with van der Waals surface area (Å²) in [6.07, 6.45) is 2.09. The molecule has 0 aliphatic carbocycles. The van der Waals surface area contributed by atoms with Gasteiger partial charge in [-0.25, -0.2) is 0 Å². The summed E-state index contributed by atoms with van der Waals surface area (Å²) >= 11 is 0. The van der Waals surface area contributed by atoms with E-state index in [1.165, 1.54) is 0 Å². The summed E-state index contributed by atoms with van der Waals surface area (Å²) in [7, 11) is 0. The summed E-state index contributed by atoms with van der Waals surface area (Å²) in [5, 5.41) is 3.79. The molecule has 2 N–H and O–H groups in total. The maximum Gasteiger partial charge on any atom is 0.252 e. The number of amides is 1. The first kappa shape index (κ1) is 15.0. The topological polar surface area (TPSA) is 62.0 Å². The first-order chi connectivity index (χ1) is 11.1. The highest BCUT2D eigenvalue weighted by atomic mass is 16.2. The average molecular weight is 306 g/mol. The summed E-state index contributed by atoms with van der Waals surface area (Å²) in [5.41, 5.74) is 2.20. The van der Waals surface area contributed by atoms with Crippen molar-refractivity contribution in [1.82, 2.24) is 10.3 Å². The van der Waals surface area contributed by atoms with Crippen LogP contribution in [0, 0.1) is 0 Å². The van der Waals surface area contributed by atoms with Gasteiger partial charge in [-0.2, -0.15) is 0 Å². The number of hydrogen-bond acceptors (Lipinski definition) is 2. The molecule has 0 aliphatic rings. The summed E-state index contributed by atoms with van der Waals surface area (Å²) < 4.78 is 0. The molecule has 0 spiro atoms. The van der Waals surface area contributed by atoms with Gasteiger partial charge in [0.1, 0.15) is 0 Å². The van der Waals surface area contributed by atoms with Crippen LogP contribution in [0.25, 0.3) is 10.9 Å². The molecule has 4 heteroatoms. The summed E-state index contributed by atoms with van der Waals surface area (Å²) in [6.45, 7) is 1.84. The van der Waals surface area contributed by atoms with Crippen LogP contribution >= 0.6 is 0 Å². The minimum atomic E-state index is -0.232. The van der Waals surface area contributed by atoms with E-state index in [9.17, 15) is 9.59 Å². The second-order valence-corrected chi connectivity index (χ2v) is 5.61. The SMILES string of the molecule is C[C@@H](CC(=O)c1ccccc1)NC(=O)c1cccc2[nH]ccc12. The van der Waals surface area contributed by atoms with Gasteiger partial charge in [-0.1, -0.05) is 36.4 Å². The standard InChI is InChI=1S/C19H18N2O2/c1-13(12-18(22)14-6-3-2-4-7-14)21-19(23)16-8-5-9-17-15(16)10-11-20-17/h2-11,13,20H,12H2,1H3,(H,21,23)/t13-/m0/s1. The van der Waals surface area contributed by atoms with Crippen LogP contribution in [0.3, 0.4) is 0 Å². The van der Waals surface area contributed by atoms with E-state index in [4.69, 9.17) is 0 Å². The van der Waals surface area contributed by atoms with Crippen molar-refractivity contribution in [3.63, 3.8) is 0 Å². The second kappa shape index (κ2) is 6.48. The summed E-state index contributed by atoms with van der Waals surface area (Å²) in [5.74, 6) is -0.137. The van der Waals surface area contributed by atoms with Gasteiger partial charge in [-0.15, -0.1) is 0 Å². The number of carbonyl (C=O) groups excluding carboxylic acids is 2. The Kier molecular flexibility index (Phi) is 4.24. The fraction of sp³-hybridized carbons (Fsp3) is 0.158. The minimum Gasteiger partial charge on any atom is -0.361 e. The van der Waals surface area contributed by atoms with E-state index in [1.807, 2.05) is 49.5 Å². The monoisotopic (exact) mass is 306 g/mol. The third-order valence-corrected chi connectivity index (χ3v) is 3.80. The van der Waals surface area contributed by atoms with Crippen molar-refractivity contribution >= 4 is 22.6 Å². The Bertz CT molecular complexity index is 837. The molecule has 3 aromatic rings. The molecule has 23 heavy (non-hydrogen) atoms. The summed E-state index contributed by atoms with van der Waals surface area (Å²) in [4.78, 5) is 27.7. The number of Topliss-reactive ketones (excluding diaryl/α,β-unsaturated/α-hetero) is 1. The average Bonchev–Trinajstić information content (AvgIpc) is 3.03. The number of benzene rings is 2. The molecule has 0 bridgehead atoms. The first-order valence-corrected chi connectivity index (χ1v) is 7.60. The van der Waals surface area contributed by atoms with Gasteiger partial charge in [0.25, 0.3) is 5.91 Å². The molecule has 116 valence electrons. The Morgan fingerprint density at radius 3 is 2.61 bits per heavy atom. The molecule has 1 amide bonds. The van der Waals surface area contributed by atoms with Crippen molar-refractivity contribution < 1.29 is 9.59 Å². The van der Waals surface area contributed by atoms with Crippen molar-refractivity contribution in [1.29, 1.82) is 0 Å². The molecule has 1 heterocycles. The largest absolute Gasteiger partial charge is 0.361 e. The zero-order chi connectivity index (χ0) is 16.2. The van der Waals surface area contributed by atoms with Gasteiger partial charge in [-0.05, 0) is 25.1 Å². The third kappa shape index (κ3) is 3.31. The molecule has 0 radical (unpaired) electrons. The Labute approximate surface area is 134 Å². The van der Waals surface area contributed by atoms with Crippen molar-refractivity contribution in [3.05, 3.63) is 71.9 Å². The van der Waals surface area contributed by atoms with E-state index in [1.54, 1.807) is 18.2 Å². The van der Waals surface area contributed by atoms with Crippen LogP contribution in [-0.2, 0) is 0 Å². The second-order valence-electron chi connectivity index (χ2n) is 5.61. The van der Waals surface area contributed by atoms with Crippen molar-refractivity contribution in [2.24, 2.45) is 0 Å². The molecule has 0 saturated carbocycles. The quantitative estimate of drug-likeness (QED) is 0.708. The first-order valence-electron chi connectivity index (χ1n) is 7.60. The lowest BCUT2D eigenvalue weighted by atomic mass is 10.0. The smallest absolute Gasteiger partial charge is 0.252 e. The number of carbonyl (C=O) groups is 2. The van der Waals surface area contributed by atoms with Crippen molar-refractivity contribution in [3.8, 4) is 0 Å². The minimum absolute atomic E-state index is 0.0262. The van der Waals surface area contributed by atoms with Crippen LogP contribution in [0.4, 0.5) is 0 Å². The number of aromatic nitrogens is 1. The molecular weight excluding hydrogens is 288 g/mol. The van der Waals surface area contributed by atoms with E-state index >= 15 is 0 Å². The zero-order valence-corrected chi connectivity index (χ0v) is 12.9. The lowest BCUT2D eigenvalue weighted by Gasteiger charge is -2.14. The van der Waals surface area contributed by atoms with Crippen LogP contribution < -0.4 is 5.32 Å². The van der Waals surface area contributed by atoms with Gasteiger partial charge in [0, 0.05) is 40.7 Å². The van der Waals surface area contributed by atoms with E-state index in [0.717, 1.165) is 10.9 Å². The molecule has 3 rings (SSSR count). The molecule has 0 unspecified atom stereocenters. The molecular formula is C19H18N2O2. The zero-order valence-electron chi connectivity index (χ0n) is 12.9. The molecule has 1 aromatic heterocycles. The normalized spacial score (nSPS) is 12.0. The Morgan fingerprint density at radius 1 is 1.04 bits per heavy atom. The van der Waals surface area contributed by atoms with Gasteiger partial charge in [0.15, 0.2) is 5.78 Å². The van der Waals surface area contributed by atoms with E-state index in [-0.39, 0.29) is 24.2 Å². The van der Waals surface area contributed by atoms with Crippen molar-refractivity contribution in [2.75, 3.05) is 0 Å². The lowest BCUT2D eigenvalue weighted by molar-refractivity contribution is 0.0919. The maximum absolute atomic E-state index is 12.4. The van der Waals surface area contributed by atoms with Gasteiger partial charge >= 0.3 is 0 Å². The van der Waals surface area contributed by atoms with Gasteiger partial charge < -0.3 is 10.3 Å². The number of nitrogens with one attached hydrogen (secondary N) is 2. The van der Waals surface area contributed by atoms with Gasteiger partial charge in [0.2, 0.25) is 0 Å². The fourth-order valence-corrected chi connectivity index (χ4v) is 2.66. The molecule has 0 fully saturated rings. The molecule has 1 atom stereocenters. The molecule has 0 saturated heterocycles. The highest BCUT2D eigenvalue weighted by molar-refractivity contribution is 6.06. The van der Waals surface area contributed by atoms with Crippen LogP contribution in [0.5, 0.6) is 0 Å². The van der Waals surface area contributed by atoms with Gasteiger partial charge in [0.05, 0.1) is 0 Å². The highest BCUT2D eigenvalue weighted by Gasteiger charge is 2.16. The third-order valence-electron chi connectivity index (χ3n) is 3.80. The van der Waals surface area contributed by atoms with Crippen LogP contribution in [0.15, 0.2) is 60.8 Å². The van der Waals surface area contributed by atoms with Crippen LogP contribution in [0.1, 0.15) is 34.1 Å². The van der Waals surface area contributed by atoms with E-state index in [2.05, 4.69) is 10.3 Å². The number of aromatic amines is 1. The maximum atomic E-state index is 12.4. The lowest BCUT2D eigenvalue weighted by Crippen LogP contribution is -2.34. The number of rotatable bonds is 5. The Balaban J connectivity index is 1.68. The molecule has 2 aromatic carbocycles. The molecule has 0 aliphatic heterocycles. The number of ketones is 1. The van der Waals surface area contributed by atoms with E-state index < -0.39 is 0 Å². The predicted octanol–water partition coefficient (Wildman–Crippen LogP) is 3.56. The Hall–Kier alpha value is -2.88. The van der Waals surface area contributed by atoms with E-state index in [0.29, 0.717) is 11.1 Å². The van der Waals surface area contributed by atoms with Gasteiger partial charge in [-0.3, -0.25) is 9.59 Å². The predicted molar refractivity (Wildman–Crippen MR) is 90.6 cm³/mol. The number of hydrogen-bond donors (Lipinski definition) is 2. The van der Waals surface area contributed by atoms with Crippen molar-refractivity contribution in [2.45, 2.75) is 19.4 Å². The highest BCUT2D eigenvalue weighted by Crippen LogP contribution is 2.17. The summed E-state index contributed by atoms with van der Waals surface area (Å²) in [6, 6.07) is 16.3. The number of H-pyrrole nitrogens is 1. The molecule has 4 nitrogen and oxygen atoms in total. The fourth-order valence-electron chi connectivity index (χ4n) is 2.66.